The maximum absolute atomic E-state index is 12.8. The van der Waals surface area contributed by atoms with Gasteiger partial charge in [-0.2, -0.15) is 0 Å². The minimum Gasteiger partial charge on any atom is -0.235 e. The first-order valence-corrected chi connectivity index (χ1v) is 9.46. The molecule has 0 aliphatic carbocycles. The van der Waals surface area contributed by atoms with Crippen molar-refractivity contribution in [2.75, 3.05) is 0 Å². The molecule has 2 aromatic carbocycles. The van der Waals surface area contributed by atoms with Crippen LogP contribution >= 0.6 is 11.8 Å². The first kappa shape index (κ1) is 15.9. The van der Waals surface area contributed by atoms with Crippen molar-refractivity contribution in [3.63, 3.8) is 0 Å². The van der Waals surface area contributed by atoms with Crippen LogP contribution in [0.1, 0.15) is 11.1 Å². The molecule has 3 rings (SSSR count). The minimum atomic E-state index is -3.58. The molecule has 0 fully saturated rings. The molecule has 23 heavy (non-hydrogen) atoms. The molecule has 0 N–H and O–H groups in total. The van der Waals surface area contributed by atoms with Crippen LogP contribution in [-0.2, 0) is 10.0 Å². The van der Waals surface area contributed by atoms with Crippen LogP contribution < -0.4 is 0 Å². The second-order valence-corrected chi connectivity index (χ2v) is 8.28. The largest absolute Gasteiger partial charge is 0.268 e. The van der Waals surface area contributed by atoms with E-state index in [1.807, 2.05) is 56.3 Å². The number of rotatable bonds is 4. The fraction of sp³-hybridized carbons (Fsp3) is 0.111. The molecular formula is C18H17NO2S2. The predicted octanol–water partition coefficient (Wildman–Crippen LogP) is 4.49. The second kappa shape index (κ2) is 6.26. The monoisotopic (exact) mass is 343 g/mol. The molecule has 0 bridgehead atoms. The highest BCUT2D eigenvalue weighted by Gasteiger charge is 2.19. The zero-order chi connectivity index (χ0) is 16.4. The second-order valence-electron chi connectivity index (χ2n) is 5.38. The summed E-state index contributed by atoms with van der Waals surface area (Å²) in [5, 5.41) is 0.675. The van der Waals surface area contributed by atoms with Gasteiger partial charge >= 0.3 is 0 Å². The zero-order valence-corrected chi connectivity index (χ0v) is 14.6. The highest BCUT2D eigenvalue weighted by Crippen LogP contribution is 2.30. The Balaban J connectivity index is 1.96. The van der Waals surface area contributed by atoms with Crippen LogP contribution in [0.15, 0.2) is 81.7 Å². The number of benzene rings is 2. The number of aromatic nitrogens is 1. The zero-order valence-electron chi connectivity index (χ0n) is 12.9. The maximum atomic E-state index is 12.8. The lowest BCUT2D eigenvalue weighted by Crippen LogP contribution is -2.12. The van der Waals surface area contributed by atoms with Gasteiger partial charge in [-0.15, -0.1) is 0 Å². The molecule has 118 valence electrons. The standard InChI is InChI=1S/C18H17NO2S2/c1-14-5-9-16(10-6-14)22-18-4-3-13-19(18)23(20,21)17-11-7-15(2)8-12-17/h3-13H,1-2H3. The van der Waals surface area contributed by atoms with E-state index in [1.54, 1.807) is 24.4 Å². The van der Waals surface area contributed by atoms with E-state index in [0.717, 1.165) is 10.5 Å². The van der Waals surface area contributed by atoms with Crippen LogP contribution in [-0.4, -0.2) is 12.4 Å². The van der Waals surface area contributed by atoms with Gasteiger partial charge in [0.25, 0.3) is 10.0 Å². The maximum Gasteiger partial charge on any atom is 0.268 e. The fourth-order valence-electron chi connectivity index (χ4n) is 2.18. The van der Waals surface area contributed by atoms with E-state index >= 15 is 0 Å². The quantitative estimate of drug-likeness (QED) is 0.700. The summed E-state index contributed by atoms with van der Waals surface area (Å²) in [5.74, 6) is 0. The van der Waals surface area contributed by atoms with E-state index in [-0.39, 0.29) is 0 Å². The Kier molecular flexibility index (Phi) is 4.33. The van der Waals surface area contributed by atoms with Gasteiger partial charge < -0.3 is 0 Å². The Morgan fingerprint density at radius 2 is 1.39 bits per heavy atom. The summed E-state index contributed by atoms with van der Waals surface area (Å²) in [6.07, 6.45) is 1.59. The molecule has 0 aliphatic rings. The average molecular weight is 343 g/mol. The van der Waals surface area contributed by atoms with Gasteiger partial charge in [-0.3, -0.25) is 0 Å². The van der Waals surface area contributed by atoms with Crippen molar-refractivity contribution in [3.8, 4) is 0 Å². The number of nitrogens with zero attached hydrogens (tertiary/aromatic N) is 1. The summed E-state index contributed by atoms with van der Waals surface area (Å²) in [6, 6.07) is 18.5. The molecule has 0 aliphatic heterocycles. The molecule has 3 aromatic rings. The third kappa shape index (κ3) is 3.35. The van der Waals surface area contributed by atoms with Crippen LogP contribution in [0.2, 0.25) is 0 Å². The third-order valence-electron chi connectivity index (χ3n) is 3.50. The smallest absolute Gasteiger partial charge is 0.235 e. The average Bonchev–Trinajstić information content (AvgIpc) is 2.99. The molecule has 0 saturated carbocycles. The lowest BCUT2D eigenvalue weighted by atomic mass is 10.2. The highest BCUT2D eigenvalue weighted by molar-refractivity contribution is 8.00. The van der Waals surface area contributed by atoms with E-state index in [1.165, 1.54) is 21.3 Å². The van der Waals surface area contributed by atoms with E-state index in [9.17, 15) is 8.42 Å². The van der Waals surface area contributed by atoms with Crippen molar-refractivity contribution in [3.05, 3.63) is 78.0 Å². The van der Waals surface area contributed by atoms with Gasteiger partial charge in [-0.05, 0) is 50.2 Å². The van der Waals surface area contributed by atoms with Gasteiger partial charge in [-0.25, -0.2) is 12.4 Å². The lowest BCUT2D eigenvalue weighted by Gasteiger charge is -2.10. The van der Waals surface area contributed by atoms with Gasteiger partial charge in [-0.1, -0.05) is 47.2 Å². The van der Waals surface area contributed by atoms with Crippen LogP contribution in [0, 0.1) is 13.8 Å². The van der Waals surface area contributed by atoms with Crippen LogP contribution in [0.5, 0.6) is 0 Å². The van der Waals surface area contributed by atoms with Gasteiger partial charge in [0.1, 0.15) is 0 Å². The Bertz CT molecular complexity index is 908. The normalized spacial score (nSPS) is 11.6. The molecule has 0 spiro atoms. The summed E-state index contributed by atoms with van der Waals surface area (Å²) < 4.78 is 27.0. The van der Waals surface area contributed by atoms with E-state index < -0.39 is 10.0 Å². The molecule has 0 radical (unpaired) electrons. The topological polar surface area (TPSA) is 39.1 Å². The van der Waals surface area contributed by atoms with Crippen LogP contribution in [0.25, 0.3) is 0 Å². The Labute approximate surface area is 141 Å². The summed E-state index contributed by atoms with van der Waals surface area (Å²) >= 11 is 1.44. The molecule has 1 aromatic heterocycles. The lowest BCUT2D eigenvalue weighted by molar-refractivity contribution is 0.583. The molecular weight excluding hydrogens is 326 g/mol. The third-order valence-corrected chi connectivity index (χ3v) is 6.37. The molecule has 0 unspecified atom stereocenters. The molecule has 0 atom stereocenters. The highest BCUT2D eigenvalue weighted by atomic mass is 32.2. The van der Waals surface area contributed by atoms with Crippen molar-refractivity contribution in [1.82, 2.24) is 3.97 Å². The van der Waals surface area contributed by atoms with Gasteiger partial charge in [0.05, 0.1) is 9.92 Å². The predicted molar refractivity (Wildman–Crippen MR) is 93.5 cm³/mol. The van der Waals surface area contributed by atoms with Crippen molar-refractivity contribution >= 4 is 21.8 Å². The summed E-state index contributed by atoms with van der Waals surface area (Å²) in [7, 11) is -3.58. The van der Waals surface area contributed by atoms with Crippen LogP contribution in [0.4, 0.5) is 0 Å². The van der Waals surface area contributed by atoms with Crippen molar-refractivity contribution in [2.24, 2.45) is 0 Å². The Hall–Kier alpha value is -1.98. The van der Waals surface area contributed by atoms with Gasteiger partial charge in [0.2, 0.25) is 0 Å². The van der Waals surface area contributed by atoms with Gasteiger partial charge in [0, 0.05) is 11.1 Å². The van der Waals surface area contributed by atoms with E-state index in [0.29, 0.717) is 9.92 Å². The minimum absolute atomic E-state index is 0.296. The number of aryl methyl sites for hydroxylation is 2. The molecule has 0 amide bonds. The molecule has 3 nitrogen and oxygen atoms in total. The Morgan fingerprint density at radius 3 is 2.00 bits per heavy atom. The summed E-state index contributed by atoms with van der Waals surface area (Å²) in [6.45, 7) is 3.96. The van der Waals surface area contributed by atoms with E-state index in [2.05, 4.69) is 0 Å². The molecule has 1 heterocycles. The molecule has 0 saturated heterocycles. The van der Waals surface area contributed by atoms with Crippen LogP contribution in [0.3, 0.4) is 0 Å². The Morgan fingerprint density at radius 1 is 0.826 bits per heavy atom. The fourth-order valence-corrected chi connectivity index (χ4v) is 4.63. The van der Waals surface area contributed by atoms with Crippen molar-refractivity contribution < 1.29 is 8.42 Å². The number of hydrogen-bond acceptors (Lipinski definition) is 3. The summed E-state index contributed by atoms with van der Waals surface area (Å²) in [4.78, 5) is 1.31. The first-order valence-electron chi connectivity index (χ1n) is 7.21. The summed E-state index contributed by atoms with van der Waals surface area (Å²) in [5.41, 5.74) is 2.21. The van der Waals surface area contributed by atoms with Crippen molar-refractivity contribution in [2.45, 2.75) is 28.7 Å². The van der Waals surface area contributed by atoms with Gasteiger partial charge in [0.15, 0.2) is 0 Å². The molecule has 5 heteroatoms. The van der Waals surface area contributed by atoms with E-state index in [4.69, 9.17) is 0 Å². The first-order chi connectivity index (χ1) is 11.0. The van der Waals surface area contributed by atoms with Crippen molar-refractivity contribution in [1.29, 1.82) is 0 Å². The SMILES string of the molecule is Cc1ccc(Sc2cccn2S(=O)(=O)c2ccc(C)cc2)cc1. The number of hydrogen-bond donors (Lipinski definition) is 0.